The van der Waals surface area contributed by atoms with Gasteiger partial charge in [0.25, 0.3) is 0 Å². The van der Waals surface area contributed by atoms with Crippen molar-refractivity contribution in [2.75, 3.05) is 24.7 Å². The Morgan fingerprint density at radius 3 is 2.87 bits per heavy atom. The van der Waals surface area contributed by atoms with E-state index in [1.165, 1.54) is 12.1 Å². The average Bonchev–Trinajstić information content (AvgIpc) is 3.00. The van der Waals surface area contributed by atoms with Crippen molar-refractivity contribution in [1.82, 2.24) is 14.4 Å². The van der Waals surface area contributed by atoms with Crippen LogP contribution in [0, 0.1) is 5.82 Å². The molecule has 1 fully saturated rings. The van der Waals surface area contributed by atoms with Crippen molar-refractivity contribution in [3.63, 3.8) is 0 Å². The highest BCUT2D eigenvalue weighted by molar-refractivity contribution is 5.70. The van der Waals surface area contributed by atoms with Crippen molar-refractivity contribution in [3.05, 3.63) is 48.7 Å². The van der Waals surface area contributed by atoms with Gasteiger partial charge in [-0.05, 0) is 31.2 Å². The number of hydrogen-bond donors (Lipinski definition) is 0. The van der Waals surface area contributed by atoms with Gasteiger partial charge in [0, 0.05) is 30.7 Å². The van der Waals surface area contributed by atoms with E-state index in [4.69, 9.17) is 9.72 Å². The van der Waals surface area contributed by atoms with E-state index in [-0.39, 0.29) is 11.9 Å². The van der Waals surface area contributed by atoms with E-state index in [1.54, 1.807) is 18.3 Å². The van der Waals surface area contributed by atoms with Crippen LogP contribution in [0.1, 0.15) is 6.92 Å². The van der Waals surface area contributed by atoms with Gasteiger partial charge in [0.15, 0.2) is 11.5 Å². The third-order valence-corrected chi connectivity index (χ3v) is 4.14. The first-order chi connectivity index (χ1) is 11.2. The number of imidazole rings is 1. The van der Waals surface area contributed by atoms with Gasteiger partial charge >= 0.3 is 0 Å². The summed E-state index contributed by atoms with van der Waals surface area (Å²) in [4.78, 5) is 11.5. The maximum atomic E-state index is 13.1. The van der Waals surface area contributed by atoms with Crippen molar-refractivity contribution in [1.29, 1.82) is 0 Å². The Morgan fingerprint density at radius 2 is 2.09 bits per heavy atom. The summed E-state index contributed by atoms with van der Waals surface area (Å²) in [5.41, 5.74) is 2.50. The summed E-state index contributed by atoms with van der Waals surface area (Å²) in [6.45, 7) is 4.30. The minimum absolute atomic E-state index is 0.248. The monoisotopic (exact) mass is 312 g/mol. The first-order valence-corrected chi connectivity index (χ1v) is 7.66. The second-order valence-electron chi connectivity index (χ2n) is 5.73. The topological polar surface area (TPSA) is 42.7 Å². The molecule has 5 nitrogen and oxygen atoms in total. The molecule has 1 aliphatic heterocycles. The van der Waals surface area contributed by atoms with Crippen LogP contribution in [0.4, 0.5) is 10.2 Å². The van der Waals surface area contributed by atoms with E-state index in [0.717, 1.165) is 29.3 Å². The first-order valence-electron chi connectivity index (χ1n) is 7.66. The summed E-state index contributed by atoms with van der Waals surface area (Å²) in [6, 6.07) is 6.63. The number of aromatic nitrogens is 3. The largest absolute Gasteiger partial charge is 0.377 e. The number of ether oxygens (including phenoxy) is 1. The highest BCUT2D eigenvalue weighted by Gasteiger charge is 2.23. The Labute approximate surface area is 133 Å². The molecule has 3 aromatic rings. The van der Waals surface area contributed by atoms with Gasteiger partial charge in [0.05, 0.1) is 24.9 Å². The molecule has 1 atom stereocenters. The van der Waals surface area contributed by atoms with Gasteiger partial charge in [-0.1, -0.05) is 0 Å². The van der Waals surface area contributed by atoms with Crippen molar-refractivity contribution in [2.24, 2.45) is 0 Å². The minimum Gasteiger partial charge on any atom is -0.377 e. The molecule has 0 N–H and O–H groups in total. The SMILES string of the molecule is C[C@H]1COCCN1c1nccn2cc(-c3ccc(F)cc3)nc12. The lowest BCUT2D eigenvalue weighted by atomic mass is 10.2. The molecule has 0 spiro atoms. The maximum Gasteiger partial charge on any atom is 0.180 e. The lowest BCUT2D eigenvalue weighted by molar-refractivity contribution is 0.0986. The second kappa shape index (κ2) is 5.62. The van der Waals surface area contributed by atoms with Crippen molar-refractivity contribution >= 4 is 11.5 Å². The van der Waals surface area contributed by atoms with Gasteiger partial charge in [-0.25, -0.2) is 14.4 Å². The van der Waals surface area contributed by atoms with Crippen LogP contribution in [0.2, 0.25) is 0 Å². The Balaban J connectivity index is 1.79. The molecule has 0 aliphatic carbocycles. The van der Waals surface area contributed by atoms with E-state index >= 15 is 0 Å². The smallest absolute Gasteiger partial charge is 0.180 e. The molecular formula is C17H17FN4O. The van der Waals surface area contributed by atoms with Crippen LogP contribution in [0.25, 0.3) is 16.9 Å². The average molecular weight is 312 g/mol. The van der Waals surface area contributed by atoms with Gasteiger partial charge in [-0.2, -0.15) is 0 Å². The maximum absolute atomic E-state index is 13.1. The molecule has 3 heterocycles. The van der Waals surface area contributed by atoms with E-state index in [0.29, 0.717) is 13.2 Å². The molecule has 0 amide bonds. The van der Waals surface area contributed by atoms with E-state index in [2.05, 4.69) is 16.8 Å². The molecule has 4 rings (SSSR count). The predicted molar refractivity (Wildman–Crippen MR) is 86.0 cm³/mol. The number of anilines is 1. The number of hydrogen-bond acceptors (Lipinski definition) is 4. The summed E-state index contributed by atoms with van der Waals surface area (Å²) in [5.74, 6) is 0.610. The number of fused-ring (bicyclic) bond motifs is 1. The zero-order valence-electron chi connectivity index (χ0n) is 12.8. The fraction of sp³-hybridized carbons (Fsp3) is 0.294. The summed E-state index contributed by atoms with van der Waals surface area (Å²) in [6.07, 6.45) is 5.60. The van der Waals surface area contributed by atoms with Crippen LogP contribution in [0.3, 0.4) is 0 Å². The highest BCUT2D eigenvalue weighted by Crippen LogP contribution is 2.26. The van der Waals surface area contributed by atoms with Gasteiger partial charge in [0.1, 0.15) is 5.82 Å². The highest BCUT2D eigenvalue weighted by atomic mass is 19.1. The molecule has 1 aliphatic rings. The first kappa shape index (κ1) is 14.1. The summed E-state index contributed by atoms with van der Waals surface area (Å²) in [5, 5.41) is 0. The fourth-order valence-electron chi connectivity index (χ4n) is 2.91. The van der Waals surface area contributed by atoms with E-state index < -0.39 is 0 Å². The lowest BCUT2D eigenvalue weighted by Crippen LogP contribution is -2.44. The zero-order chi connectivity index (χ0) is 15.8. The lowest BCUT2D eigenvalue weighted by Gasteiger charge is -2.34. The van der Waals surface area contributed by atoms with Gasteiger partial charge < -0.3 is 14.0 Å². The fourth-order valence-corrected chi connectivity index (χ4v) is 2.91. The standard InChI is InChI=1S/C17H17FN4O/c1-12-11-23-9-8-22(12)16-17-20-15(10-21(17)7-6-19-16)13-2-4-14(18)5-3-13/h2-7,10,12H,8-9,11H2,1H3/t12-/m0/s1. The quantitative estimate of drug-likeness (QED) is 0.730. The van der Waals surface area contributed by atoms with Crippen LogP contribution in [-0.2, 0) is 4.74 Å². The molecule has 23 heavy (non-hydrogen) atoms. The second-order valence-corrected chi connectivity index (χ2v) is 5.73. The van der Waals surface area contributed by atoms with Crippen molar-refractivity contribution < 1.29 is 9.13 Å². The molecular weight excluding hydrogens is 295 g/mol. The Kier molecular flexibility index (Phi) is 3.46. The summed E-state index contributed by atoms with van der Waals surface area (Å²) >= 11 is 0. The van der Waals surface area contributed by atoms with Crippen molar-refractivity contribution in [2.45, 2.75) is 13.0 Å². The molecule has 1 aromatic carbocycles. The molecule has 6 heteroatoms. The van der Waals surface area contributed by atoms with E-state index in [1.807, 2.05) is 16.8 Å². The predicted octanol–water partition coefficient (Wildman–Crippen LogP) is 2.76. The number of benzene rings is 1. The summed E-state index contributed by atoms with van der Waals surface area (Å²) in [7, 11) is 0. The minimum atomic E-state index is -0.248. The van der Waals surface area contributed by atoms with Crippen LogP contribution in [0.15, 0.2) is 42.9 Å². The van der Waals surface area contributed by atoms with Crippen LogP contribution in [0.5, 0.6) is 0 Å². The Morgan fingerprint density at radius 1 is 1.26 bits per heavy atom. The third-order valence-electron chi connectivity index (χ3n) is 4.14. The number of halogens is 1. The van der Waals surface area contributed by atoms with Crippen LogP contribution in [-0.4, -0.2) is 40.2 Å². The summed E-state index contributed by atoms with van der Waals surface area (Å²) < 4.78 is 20.6. The zero-order valence-corrected chi connectivity index (χ0v) is 12.8. The number of morpholine rings is 1. The molecule has 0 unspecified atom stereocenters. The molecule has 0 bridgehead atoms. The molecule has 0 saturated carbocycles. The van der Waals surface area contributed by atoms with Crippen molar-refractivity contribution in [3.8, 4) is 11.3 Å². The number of rotatable bonds is 2. The molecule has 1 saturated heterocycles. The van der Waals surface area contributed by atoms with Crippen LogP contribution < -0.4 is 4.90 Å². The Bertz CT molecular complexity index is 830. The Hall–Kier alpha value is -2.47. The third kappa shape index (κ3) is 2.55. The number of nitrogens with zero attached hydrogens (tertiary/aromatic N) is 4. The molecule has 118 valence electrons. The molecule has 2 aromatic heterocycles. The van der Waals surface area contributed by atoms with Crippen LogP contribution >= 0.6 is 0 Å². The normalized spacial score (nSPS) is 18.5. The van der Waals surface area contributed by atoms with Gasteiger partial charge in [-0.3, -0.25) is 0 Å². The van der Waals surface area contributed by atoms with Gasteiger partial charge in [0.2, 0.25) is 0 Å². The molecule has 0 radical (unpaired) electrons. The van der Waals surface area contributed by atoms with Gasteiger partial charge in [-0.15, -0.1) is 0 Å². The van der Waals surface area contributed by atoms with E-state index in [9.17, 15) is 4.39 Å².